The third kappa shape index (κ3) is 3.74. The molecule has 0 saturated heterocycles. The Labute approximate surface area is 150 Å². The van der Waals surface area contributed by atoms with Gasteiger partial charge in [-0.3, -0.25) is 0 Å². The highest BCUT2D eigenvalue weighted by Crippen LogP contribution is 2.38. The number of esters is 1. The lowest BCUT2D eigenvalue weighted by molar-refractivity contribution is 0.0734. The van der Waals surface area contributed by atoms with Crippen LogP contribution in [0.4, 0.5) is 0 Å². The number of hydrogen-bond acceptors (Lipinski definition) is 6. The lowest BCUT2D eigenvalue weighted by atomic mass is 10.2. The van der Waals surface area contributed by atoms with E-state index in [1.807, 2.05) is 6.92 Å². The lowest BCUT2D eigenvalue weighted by Crippen LogP contribution is -2.09. The van der Waals surface area contributed by atoms with Crippen LogP contribution in [-0.4, -0.2) is 26.5 Å². The third-order valence-corrected chi connectivity index (χ3v) is 3.75. The predicted octanol–water partition coefficient (Wildman–Crippen LogP) is 4.09. The molecule has 1 aliphatic rings. The first-order chi connectivity index (χ1) is 12.1. The van der Waals surface area contributed by atoms with Gasteiger partial charge >= 0.3 is 5.97 Å². The van der Waals surface area contributed by atoms with E-state index in [4.69, 9.17) is 35.3 Å². The minimum absolute atomic E-state index is 0.152. The molecule has 0 spiro atoms. The monoisotopic (exact) mass is 364 g/mol. The quantitative estimate of drug-likeness (QED) is 0.568. The fourth-order valence-electron chi connectivity index (χ4n) is 2.29. The summed E-state index contributed by atoms with van der Waals surface area (Å²) >= 11 is 6.22. The zero-order valence-electron chi connectivity index (χ0n) is 13.8. The summed E-state index contributed by atoms with van der Waals surface area (Å²) in [6.07, 6.45) is 0.827. The molecule has 2 aromatic rings. The zero-order chi connectivity index (χ0) is 17.8. The average Bonchev–Trinajstić information content (AvgIpc) is 3.07. The molecule has 0 aliphatic carbocycles. The largest absolute Gasteiger partial charge is 0.493 e. The number of fused-ring (bicyclic) bond motifs is 1. The lowest BCUT2D eigenvalue weighted by Gasteiger charge is -2.13. The van der Waals surface area contributed by atoms with E-state index in [0.717, 1.165) is 6.42 Å². The number of carbonyl (C=O) groups is 1. The summed E-state index contributed by atoms with van der Waals surface area (Å²) in [7, 11) is 1.48. The zero-order valence-corrected chi connectivity index (χ0v) is 14.6. The number of methoxy groups -OCH3 is 1. The molecule has 0 atom stereocenters. The Kier molecular flexibility index (Phi) is 5.19. The van der Waals surface area contributed by atoms with Crippen molar-refractivity contribution in [3.05, 3.63) is 40.9 Å². The molecule has 0 bridgehead atoms. The molecule has 132 valence electrons. The van der Waals surface area contributed by atoms with Gasteiger partial charge in [0.05, 0.1) is 24.3 Å². The number of benzene rings is 2. The van der Waals surface area contributed by atoms with Crippen LogP contribution in [0.25, 0.3) is 0 Å². The smallest absolute Gasteiger partial charge is 0.343 e. The van der Waals surface area contributed by atoms with E-state index in [-0.39, 0.29) is 17.4 Å². The Morgan fingerprint density at radius 2 is 2.00 bits per heavy atom. The van der Waals surface area contributed by atoms with Crippen molar-refractivity contribution in [1.29, 1.82) is 0 Å². The maximum Gasteiger partial charge on any atom is 0.343 e. The Hall–Kier alpha value is -2.60. The first-order valence-electron chi connectivity index (χ1n) is 7.74. The van der Waals surface area contributed by atoms with Crippen LogP contribution in [0.2, 0.25) is 5.02 Å². The van der Waals surface area contributed by atoms with Crippen molar-refractivity contribution < 1.29 is 28.5 Å². The highest BCUT2D eigenvalue weighted by molar-refractivity contribution is 6.32. The van der Waals surface area contributed by atoms with Gasteiger partial charge in [0.25, 0.3) is 0 Å². The third-order valence-electron chi connectivity index (χ3n) is 3.47. The Morgan fingerprint density at radius 1 is 1.20 bits per heavy atom. The van der Waals surface area contributed by atoms with Crippen LogP contribution in [0.1, 0.15) is 23.7 Å². The number of hydrogen-bond donors (Lipinski definition) is 0. The van der Waals surface area contributed by atoms with Crippen LogP contribution >= 0.6 is 11.6 Å². The molecule has 25 heavy (non-hydrogen) atoms. The summed E-state index contributed by atoms with van der Waals surface area (Å²) in [5, 5.41) is 0.283. The molecule has 0 N–H and O–H groups in total. The van der Waals surface area contributed by atoms with Gasteiger partial charge in [0, 0.05) is 6.07 Å². The van der Waals surface area contributed by atoms with Crippen molar-refractivity contribution >= 4 is 17.6 Å². The number of rotatable bonds is 6. The molecular weight excluding hydrogens is 348 g/mol. The molecule has 1 heterocycles. The van der Waals surface area contributed by atoms with Crippen LogP contribution in [-0.2, 0) is 0 Å². The molecule has 0 radical (unpaired) electrons. The minimum Gasteiger partial charge on any atom is -0.493 e. The van der Waals surface area contributed by atoms with Gasteiger partial charge in [0.15, 0.2) is 23.0 Å². The van der Waals surface area contributed by atoms with E-state index in [9.17, 15) is 4.79 Å². The second kappa shape index (κ2) is 7.53. The van der Waals surface area contributed by atoms with Crippen LogP contribution in [0, 0.1) is 0 Å². The Bertz CT molecular complexity index is 789. The van der Waals surface area contributed by atoms with Crippen molar-refractivity contribution in [2.24, 2.45) is 0 Å². The summed E-state index contributed by atoms with van der Waals surface area (Å²) in [5.41, 5.74) is 0.253. The molecule has 0 unspecified atom stereocenters. The van der Waals surface area contributed by atoms with E-state index >= 15 is 0 Å². The summed E-state index contributed by atoms with van der Waals surface area (Å²) in [5.74, 6) is 1.70. The molecule has 2 aromatic carbocycles. The van der Waals surface area contributed by atoms with Gasteiger partial charge in [-0.2, -0.15) is 0 Å². The molecule has 1 aliphatic heterocycles. The maximum atomic E-state index is 12.4. The average molecular weight is 365 g/mol. The van der Waals surface area contributed by atoms with Crippen LogP contribution < -0.4 is 23.7 Å². The Morgan fingerprint density at radius 3 is 2.76 bits per heavy atom. The van der Waals surface area contributed by atoms with Crippen LogP contribution in [0.15, 0.2) is 30.3 Å². The second-order valence-electron chi connectivity index (χ2n) is 5.24. The standard InChI is InChI=1S/C18H17ClO6/c1-3-6-22-17-13(19)7-11(8-16(17)21-2)18(20)25-12-4-5-14-15(9-12)24-10-23-14/h4-5,7-9H,3,6,10H2,1-2H3. The van der Waals surface area contributed by atoms with Gasteiger partial charge in [-0.15, -0.1) is 0 Å². The van der Waals surface area contributed by atoms with Crippen LogP contribution in [0.5, 0.6) is 28.7 Å². The van der Waals surface area contributed by atoms with Gasteiger partial charge in [-0.1, -0.05) is 18.5 Å². The molecular formula is C18H17ClO6. The van der Waals surface area contributed by atoms with Crippen LogP contribution in [0.3, 0.4) is 0 Å². The fraction of sp³-hybridized carbons (Fsp3) is 0.278. The number of halogens is 1. The summed E-state index contributed by atoms with van der Waals surface area (Å²) in [4.78, 5) is 12.4. The van der Waals surface area contributed by atoms with E-state index in [1.165, 1.54) is 19.2 Å². The highest BCUT2D eigenvalue weighted by atomic mass is 35.5. The molecule has 0 amide bonds. The maximum absolute atomic E-state index is 12.4. The summed E-state index contributed by atoms with van der Waals surface area (Å²) < 4.78 is 26.7. The SMILES string of the molecule is CCCOc1c(Cl)cc(C(=O)Oc2ccc3c(c2)OCO3)cc1OC. The molecule has 0 saturated carbocycles. The highest BCUT2D eigenvalue weighted by Gasteiger charge is 2.19. The van der Waals surface area contributed by atoms with E-state index in [0.29, 0.717) is 35.4 Å². The fourth-order valence-corrected chi connectivity index (χ4v) is 2.55. The Balaban J connectivity index is 1.81. The predicted molar refractivity (Wildman–Crippen MR) is 91.3 cm³/mol. The minimum atomic E-state index is -0.568. The van der Waals surface area contributed by atoms with E-state index < -0.39 is 5.97 Å². The second-order valence-corrected chi connectivity index (χ2v) is 5.65. The van der Waals surface area contributed by atoms with Gasteiger partial charge in [-0.25, -0.2) is 4.79 Å². The van der Waals surface area contributed by atoms with Gasteiger partial charge in [-0.05, 0) is 30.7 Å². The van der Waals surface area contributed by atoms with E-state index in [2.05, 4.69) is 0 Å². The first kappa shape index (κ1) is 17.2. The molecule has 0 fully saturated rings. The van der Waals surface area contributed by atoms with Gasteiger partial charge in [0.1, 0.15) is 5.75 Å². The number of ether oxygens (including phenoxy) is 5. The summed E-state index contributed by atoms with van der Waals surface area (Å²) in [6.45, 7) is 2.63. The van der Waals surface area contributed by atoms with Crippen molar-refractivity contribution in [3.63, 3.8) is 0 Å². The van der Waals surface area contributed by atoms with Crippen molar-refractivity contribution in [2.45, 2.75) is 13.3 Å². The molecule has 7 heteroatoms. The molecule has 0 aromatic heterocycles. The van der Waals surface area contributed by atoms with Crippen molar-refractivity contribution in [3.8, 4) is 28.7 Å². The normalized spacial score (nSPS) is 12.0. The first-order valence-corrected chi connectivity index (χ1v) is 8.12. The molecule has 6 nitrogen and oxygen atoms in total. The van der Waals surface area contributed by atoms with Crippen molar-refractivity contribution in [2.75, 3.05) is 20.5 Å². The van der Waals surface area contributed by atoms with Gasteiger partial charge < -0.3 is 23.7 Å². The van der Waals surface area contributed by atoms with E-state index in [1.54, 1.807) is 18.2 Å². The van der Waals surface area contributed by atoms with Gasteiger partial charge in [0.2, 0.25) is 6.79 Å². The van der Waals surface area contributed by atoms with Crippen molar-refractivity contribution in [1.82, 2.24) is 0 Å². The molecule has 3 rings (SSSR count). The topological polar surface area (TPSA) is 63.2 Å². The summed E-state index contributed by atoms with van der Waals surface area (Å²) in [6, 6.07) is 7.93. The number of carbonyl (C=O) groups excluding carboxylic acids is 1.